The average molecular weight is 342 g/mol. The summed E-state index contributed by atoms with van der Waals surface area (Å²) in [7, 11) is 3.14. The van der Waals surface area contributed by atoms with Crippen molar-refractivity contribution in [1.29, 1.82) is 0 Å². The molecule has 0 spiro atoms. The molecule has 0 aromatic carbocycles. The molecule has 8 heteroatoms. The second-order valence-corrected chi connectivity index (χ2v) is 6.22. The number of nitrogens with one attached hydrogen (secondary N) is 1. The van der Waals surface area contributed by atoms with Crippen molar-refractivity contribution in [1.82, 2.24) is 10.2 Å². The van der Waals surface area contributed by atoms with E-state index >= 15 is 0 Å². The number of ether oxygens (including phenoxy) is 2. The number of thiocarbonyl (C=S) groups is 1. The molecule has 1 heterocycles. The third kappa shape index (κ3) is 4.14. The number of aliphatic hydroxyl groups excluding tert-OH is 1. The SMILES string of the molecule is COC[C@H]1C[C@@H](NC(=S)CCN2C(=O)C=CC2=O)C(OC)[C@H]1O. The first-order chi connectivity index (χ1) is 11.0. The average Bonchev–Trinajstić information content (AvgIpc) is 2.98. The van der Waals surface area contributed by atoms with Gasteiger partial charge in [0, 0.05) is 45.3 Å². The van der Waals surface area contributed by atoms with Crippen LogP contribution in [0.2, 0.25) is 0 Å². The molecule has 2 amide bonds. The Kier molecular flexibility index (Phi) is 6.23. The Balaban J connectivity index is 1.84. The van der Waals surface area contributed by atoms with Crippen LogP contribution in [0.15, 0.2) is 12.2 Å². The topological polar surface area (TPSA) is 88.1 Å². The molecule has 7 nitrogen and oxygen atoms in total. The van der Waals surface area contributed by atoms with Gasteiger partial charge in [-0.15, -0.1) is 0 Å². The molecule has 128 valence electrons. The number of imide groups is 1. The lowest BCUT2D eigenvalue weighted by Gasteiger charge is -2.23. The van der Waals surface area contributed by atoms with Crippen molar-refractivity contribution >= 4 is 29.0 Å². The van der Waals surface area contributed by atoms with Gasteiger partial charge >= 0.3 is 0 Å². The monoisotopic (exact) mass is 342 g/mol. The Morgan fingerprint density at radius 2 is 2.04 bits per heavy atom. The highest BCUT2D eigenvalue weighted by molar-refractivity contribution is 7.80. The van der Waals surface area contributed by atoms with E-state index in [2.05, 4.69) is 5.32 Å². The Morgan fingerprint density at radius 3 is 2.61 bits per heavy atom. The van der Waals surface area contributed by atoms with Crippen molar-refractivity contribution in [3.05, 3.63) is 12.2 Å². The van der Waals surface area contributed by atoms with Crippen LogP contribution < -0.4 is 5.32 Å². The highest BCUT2D eigenvalue weighted by Crippen LogP contribution is 2.29. The van der Waals surface area contributed by atoms with Gasteiger partial charge in [-0.2, -0.15) is 0 Å². The lowest BCUT2D eigenvalue weighted by Crippen LogP contribution is -2.44. The summed E-state index contributed by atoms with van der Waals surface area (Å²) in [5.74, 6) is -0.649. The van der Waals surface area contributed by atoms with Gasteiger partial charge in [-0.3, -0.25) is 14.5 Å². The maximum absolute atomic E-state index is 11.5. The van der Waals surface area contributed by atoms with E-state index in [4.69, 9.17) is 21.7 Å². The highest BCUT2D eigenvalue weighted by atomic mass is 32.1. The van der Waals surface area contributed by atoms with E-state index in [1.165, 1.54) is 12.2 Å². The lowest BCUT2D eigenvalue weighted by atomic mass is 10.1. The molecule has 0 saturated heterocycles. The van der Waals surface area contributed by atoms with Crippen molar-refractivity contribution in [2.75, 3.05) is 27.4 Å². The Hall–Kier alpha value is -1.35. The number of carbonyl (C=O) groups is 2. The molecular formula is C15H22N2O5S. The maximum atomic E-state index is 11.5. The summed E-state index contributed by atoms with van der Waals surface area (Å²) in [6.07, 6.45) is 2.57. The predicted molar refractivity (Wildman–Crippen MR) is 86.8 cm³/mol. The van der Waals surface area contributed by atoms with Crippen molar-refractivity contribution in [2.45, 2.75) is 31.1 Å². The fourth-order valence-electron chi connectivity index (χ4n) is 3.08. The molecule has 23 heavy (non-hydrogen) atoms. The molecule has 0 radical (unpaired) electrons. The normalized spacial score (nSPS) is 30.3. The number of nitrogens with zero attached hydrogens (tertiary/aromatic N) is 1. The standard InChI is InChI=1S/C15H22N2O5S/c1-21-8-9-7-10(15(22-2)14(9)20)16-11(23)5-6-17-12(18)3-4-13(17)19/h3-4,9-10,14-15,20H,5-8H2,1-2H3,(H,16,23)/t9-,10-,14+,15?/m1/s1. The minimum atomic E-state index is -0.619. The molecule has 1 aliphatic carbocycles. The van der Waals surface area contributed by atoms with Crippen LogP contribution in [0.25, 0.3) is 0 Å². The maximum Gasteiger partial charge on any atom is 0.253 e. The zero-order valence-corrected chi connectivity index (χ0v) is 14.0. The quantitative estimate of drug-likeness (QED) is 0.482. The summed E-state index contributed by atoms with van der Waals surface area (Å²) >= 11 is 5.30. The van der Waals surface area contributed by atoms with E-state index in [9.17, 15) is 14.7 Å². The van der Waals surface area contributed by atoms with Crippen LogP contribution in [-0.4, -0.2) is 72.4 Å². The number of methoxy groups -OCH3 is 2. The van der Waals surface area contributed by atoms with Gasteiger partial charge in [-0.05, 0) is 6.42 Å². The first kappa shape index (κ1) is 18.0. The van der Waals surface area contributed by atoms with Gasteiger partial charge < -0.3 is 19.9 Å². The zero-order chi connectivity index (χ0) is 17.0. The van der Waals surface area contributed by atoms with Gasteiger partial charge in [0.1, 0.15) is 6.10 Å². The summed E-state index contributed by atoms with van der Waals surface area (Å²) in [6.45, 7) is 0.694. The van der Waals surface area contributed by atoms with Gasteiger partial charge in [0.05, 0.1) is 23.7 Å². The number of hydrogen-bond donors (Lipinski definition) is 2. The van der Waals surface area contributed by atoms with Crippen LogP contribution in [-0.2, 0) is 19.1 Å². The van der Waals surface area contributed by atoms with Crippen LogP contribution in [0.5, 0.6) is 0 Å². The Bertz CT molecular complexity index is 492. The van der Waals surface area contributed by atoms with Gasteiger partial charge in [-0.25, -0.2) is 0 Å². The van der Waals surface area contributed by atoms with E-state index in [1.807, 2.05) is 0 Å². The van der Waals surface area contributed by atoms with E-state index < -0.39 is 6.10 Å². The van der Waals surface area contributed by atoms with Crippen molar-refractivity contribution < 1.29 is 24.2 Å². The zero-order valence-electron chi connectivity index (χ0n) is 13.2. The third-order valence-corrected chi connectivity index (χ3v) is 4.56. The van der Waals surface area contributed by atoms with E-state index in [1.54, 1.807) is 14.2 Å². The molecule has 1 saturated carbocycles. The van der Waals surface area contributed by atoms with Crippen molar-refractivity contribution in [3.63, 3.8) is 0 Å². The molecule has 2 N–H and O–H groups in total. The summed E-state index contributed by atoms with van der Waals surface area (Å²) in [5, 5.41) is 13.4. The van der Waals surface area contributed by atoms with E-state index in [-0.39, 0.29) is 36.4 Å². The minimum Gasteiger partial charge on any atom is -0.390 e. The molecule has 1 fully saturated rings. The number of amides is 2. The first-order valence-corrected chi connectivity index (χ1v) is 7.91. The summed E-state index contributed by atoms with van der Waals surface area (Å²) in [4.78, 5) is 24.7. The summed E-state index contributed by atoms with van der Waals surface area (Å²) < 4.78 is 10.5. The summed E-state index contributed by atoms with van der Waals surface area (Å²) in [5.41, 5.74) is 0. The highest BCUT2D eigenvalue weighted by Gasteiger charge is 2.42. The van der Waals surface area contributed by atoms with Gasteiger partial charge in [0.25, 0.3) is 11.8 Å². The molecular weight excluding hydrogens is 320 g/mol. The van der Waals surface area contributed by atoms with E-state index in [0.717, 1.165) is 4.90 Å². The molecule has 4 atom stereocenters. The van der Waals surface area contributed by atoms with Crippen LogP contribution in [0.3, 0.4) is 0 Å². The predicted octanol–water partition coefficient (Wildman–Crippen LogP) is -0.371. The molecule has 0 bridgehead atoms. The van der Waals surface area contributed by atoms with Crippen molar-refractivity contribution in [3.8, 4) is 0 Å². The Labute approximate surface area is 140 Å². The van der Waals surface area contributed by atoms with E-state index in [0.29, 0.717) is 24.4 Å². The smallest absolute Gasteiger partial charge is 0.253 e. The van der Waals surface area contributed by atoms with Gasteiger partial charge in [0.15, 0.2) is 0 Å². The number of carbonyl (C=O) groups excluding carboxylic acids is 2. The van der Waals surface area contributed by atoms with Crippen LogP contribution >= 0.6 is 12.2 Å². The van der Waals surface area contributed by atoms with Gasteiger partial charge in [0.2, 0.25) is 0 Å². The Morgan fingerprint density at radius 1 is 1.39 bits per heavy atom. The molecule has 2 aliphatic rings. The number of aliphatic hydroxyl groups is 1. The van der Waals surface area contributed by atoms with Crippen LogP contribution in [0, 0.1) is 5.92 Å². The molecule has 0 aromatic rings. The molecule has 2 rings (SSSR count). The largest absolute Gasteiger partial charge is 0.390 e. The minimum absolute atomic E-state index is 0.0174. The van der Waals surface area contributed by atoms with Gasteiger partial charge in [-0.1, -0.05) is 12.2 Å². The number of hydrogen-bond acceptors (Lipinski definition) is 6. The second kappa shape index (κ2) is 7.96. The fraction of sp³-hybridized carbons (Fsp3) is 0.667. The molecule has 1 aliphatic heterocycles. The molecule has 1 unspecified atom stereocenters. The van der Waals surface area contributed by atoms with Crippen molar-refractivity contribution in [2.24, 2.45) is 5.92 Å². The van der Waals surface area contributed by atoms with Crippen LogP contribution in [0.4, 0.5) is 0 Å². The number of rotatable bonds is 7. The lowest BCUT2D eigenvalue weighted by molar-refractivity contribution is -0.136. The third-order valence-electron chi connectivity index (χ3n) is 4.24. The first-order valence-electron chi connectivity index (χ1n) is 7.50. The fourth-order valence-corrected chi connectivity index (χ4v) is 3.32. The second-order valence-electron chi connectivity index (χ2n) is 5.73. The van der Waals surface area contributed by atoms with Crippen LogP contribution in [0.1, 0.15) is 12.8 Å². The molecule has 0 aromatic heterocycles. The summed E-state index contributed by atoms with van der Waals surface area (Å²) in [6, 6.07) is -0.120.